The third-order valence-corrected chi connectivity index (χ3v) is 5.50. The van der Waals surface area contributed by atoms with Gasteiger partial charge in [0.05, 0.1) is 5.69 Å². The fraction of sp³-hybridized carbons (Fsp3) is 0.231. The summed E-state index contributed by atoms with van der Waals surface area (Å²) < 4.78 is 19.3. The minimum atomic E-state index is -0.496. The van der Waals surface area contributed by atoms with Crippen LogP contribution >= 0.6 is 0 Å². The quantitative estimate of drug-likeness (QED) is 0.449. The Hall–Kier alpha value is -3.71. The molecular weight excluding hydrogens is 421 g/mol. The summed E-state index contributed by atoms with van der Waals surface area (Å²) in [6.07, 6.45) is 0.358. The van der Waals surface area contributed by atoms with E-state index in [2.05, 4.69) is 10.6 Å². The lowest BCUT2D eigenvalue weighted by molar-refractivity contribution is 0.0708. The molecule has 7 heteroatoms. The van der Waals surface area contributed by atoms with Crippen LogP contribution in [0.15, 0.2) is 72.8 Å². The summed E-state index contributed by atoms with van der Waals surface area (Å²) in [7, 11) is 0. The molecule has 3 aromatic carbocycles. The van der Waals surface area contributed by atoms with E-state index in [0.29, 0.717) is 36.6 Å². The van der Waals surface area contributed by atoms with Crippen LogP contribution in [0.3, 0.4) is 0 Å². The highest BCUT2D eigenvalue weighted by Gasteiger charge is 2.36. The second-order valence-electron chi connectivity index (χ2n) is 7.70. The molecule has 6 nitrogen and oxygen atoms in total. The Labute approximate surface area is 192 Å². The Morgan fingerprint density at radius 2 is 1.85 bits per heavy atom. The number of halogens is 1. The maximum absolute atomic E-state index is 13.9. The average Bonchev–Trinajstić information content (AvgIpc) is 3.09. The van der Waals surface area contributed by atoms with Crippen molar-refractivity contribution < 1.29 is 18.7 Å². The first kappa shape index (κ1) is 22.5. The molecular formula is C26H26FN3O3. The molecule has 0 fully saturated rings. The zero-order valence-electron chi connectivity index (χ0n) is 18.4. The van der Waals surface area contributed by atoms with Crippen LogP contribution in [0.25, 0.3) is 0 Å². The van der Waals surface area contributed by atoms with Crippen LogP contribution in [0.4, 0.5) is 15.8 Å². The van der Waals surface area contributed by atoms with E-state index in [0.717, 1.165) is 12.0 Å². The van der Waals surface area contributed by atoms with Crippen molar-refractivity contribution in [2.75, 3.05) is 30.4 Å². The smallest absolute Gasteiger partial charge is 0.256 e. The van der Waals surface area contributed by atoms with Crippen molar-refractivity contribution in [2.45, 2.75) is 19.5 Å². The molecule has 1 aliphatic rings. The van der Waals surface area contributed by atoms with Crippen molar-refractivity contribution in [1.82, 2.24) is 4.90 Å². The number of ether oxygens (including phenoxy) is 1. The third kappa shape index (κ3) is 5.04. The van der Waals surface area contributed by atoms with Gasteiger partial charge in [-0.3, -0.25) is 9.59 Å². The second kappa shape index (κ2) is 10.3. The minimum absolute atomic E-state index is 0.0342. The predicted molar refractivity (Wildman–Crippen MR) is 126 cm³/mol. The van der Waals surface area contributed by atoms with Crippen LogP contribution in [0, 0.1) is 5.82 Å². The molecule has 0 radical (unpaired) electrons. The molecule has 33 heavy (non-hydrogen) atoms. The molecule has 0 saturated heterocycles. The molecule has 0 saturated carbocycles. The highest BCUT2D eigenvalue weighted by molar-refractivity contribution is 6.05. The van der Waals surface area contributed by atoms with Crippen molar-refractivity contribution >= 4 is 23.2 Å². The van der Waals surface area contributed by atoms with E-state index < -0.39 is 11.7 Å². The average molecular weight is 448 g/mol. The summed E-state index contributed by atoms with van der Waals surface area (Å²) in [5.74, 6) is -0.947. The van der Waals surface area contributed by atoms with Gasteiger partial charge in [-0.25, -0.2) is 4.39 Å². The van der Waals surface area contributed by atoms with E-state index in [-0.39, 0.29) is 17.8 Å². The second-order valence-corrected chi connectivity index (χ2v) is 7.70. The Bertz CT molecular complexity index is 1150. The Morgan fingerprint density at radius 1 is 1.06 bits per heavy atom. The standard InChI is InChI=1S/C26H26FN3O3/c1-2-33-16-8-15-30-24(20-11-3-4-12-21(20)26(30)32)28-19-10-7-9-18(17-19)25(31)29-23-14-6-5-13-22(23)27/h3-7,9-14,17,24,28H,2,8,15-16H2,1H3,(H,29,31). The van der Waals surface area contributed by atoms with Crippen molar-refractivity contribution in [2.24, 2.45) is 0 Å². The van der Waals surface area contributed by atoms with Crippen LogP contribution in [0.5, 0.6) is 0 Å². The summed E-state index contributed by atoms with van der Waals surface area (Å²) in [4.78, 5) is 27.5. The number of para-hydroxylation sites is 1. The van der Waals surface area contributed by atoms with Crippen molar-refractivity contribution in [3.05, 3.63) is 95.3 Å². The fourth-order valence-corrected chi connectivity index (χ4v) is 3.90. The minimum Gasteiger partial charge on any atom is -0.382 e. The van der Waals surface area contributed by atoms with E-state index in [1.54, 1.807) is 35.2 Å². The SMILES string of the molecule is CCOCCCN1C(=O)c2ccccc2C1Nc1cccc(C(=O)Nc2ccccc2F)c1. The largest absolute Gasteiger partial charge is 0.382 e. The first-order chi connectivity index (χ1) is 16.1. The van der Waals surface area contributed by atoms with Crippen molar-refractivity contribution in [3.8, 4) is 0 Å². The molecule has 3 aromatic rings. The van der Waals surface area contributed by atoms with Crippen LogP contribution in [-0.2, 0) is 4.74 Å². The van der Waals surface area contributed by atoms with Crippen LogP contribution in [-0.4, -0.2) is 36.5 Å². The maximum atomic E-state index is 13.9. The maximum Gasteiger partial charge on any atom is 0.256 e. The molecule has 1 atom stereocenters. The number of rotatable bonds is 9. The van der Waals surface area contributed by atoms with E-state index in [9.17, 15) is 14.0 Å². The number of amides is 2. The molecule has 170 valence electrons. The van der Waals surface area contributed by atoms with Crippen molar-refractivity contribution in [3.63, 3.8) is 0 Å². The van der Waals surface area contributed by atoms with E-state index >= 15 is 0 Å². The number of hydrogen-bond acceptors (Lipinski definition) is 4. The van der Waals surface area contributed by atoms with Crippen LogP contribution in [0.2, 0.25) is 0 Å². The van der Waals surface area contributed by atoms with Gasteiger partial charge in [0, 0.05) is 42.1 Å². The lowest BCUT2D eigenvalue weighted by atomic mass is 10.1. The molecule has 2 amide bonds. The molecule has 0 aromatic heterocycles. The molecule has 0 aliphatic carbocycles. The Morgan fingerprint density at radius 3 is 2.67 bits per heavy atom. The zero-order chi connectivity index (χ0) is 23.2. The first-order valence-corrected chi connectivity index (χ1v) is 11.0. The van der Waals surface area contributed by atoms with Gasteiger partial charge < -0.3 is 20.3 Å². The first-order valence-electron chi connectivity index (χ1n) is 11.0. The summed E-state index contributed by atoms with van der Waals surface area (Å²) in [6, 6.07) is 20.5. The Balaban J connectivity index is 1.53. The van der Waals surface area contributed by atoms with Gasteiger partial charge in [-0.05, 0) is 49.7 Å². The van der Waals surface area contributed by atoms with Gasteiger partial charge in [-0.15, -0.1) is 0 Å². The normalized spacial score (nSPS) is 14.8. The molecule has 2 N–H and O–H groups in total. The zero-order valence-corrected chi connectivity index (χ0v) is 18.4. The predicted octanol–water partition coefficient (Wildman–Crippen LogP) is 5.07. The molecule has 4 rings (SSSR count). The number of hydrogen-bond donors (Lipinski definition) is 2. The van der Waals surface area contributed by atoms with Gasteiger partial charge >= 0.3 is 0 Å². The molecule has 0 bridgehead atoms. The number of nitrogens with zero attached hydrogens (tertiary/aromatic N) is 1. The number of benzene rings is 3. The van der Waals surface area contributed by atoms with Gasteiger partial charge in [0.25, 0.3) is 11.8 Å². The van der Waals surface area contributed by atoms with Gasteiger partial charge in [-0.2, -0.15) is 0 Å². The van der Waals surface area contributed by atoms with E-state index in [1.807, 2.05) is 37.3 Å². The molecule has 0 spiro atoms. The summed E-state index contributed by atoms with van der Waals surface area (Å²) in [5.41, 5.74) is 2.74. The van der Waals surface area contributed by atoms with E-state index in [4.69, 9.17) is 4.74 Å². The third-order valence-electron chi connectivity index (χ3n) is 5.50. The number of fused-ring (bicyclic) bond motifs is 1. The monoisotopic (exact) mass is 447 g/mol. The topological polar surface area (TPSA) is 70.7 Å². The Kier molecular flexibility index (Phi) is 7.00. The number of anilines is 2. The summed E-state index contributed by atoms with van der Waals surface area (Å²) >= 11 is 0. The highest BCUT2D eigenvalue weighted by Crippen LogP contribution is 2.34. The number of nitrogens with one attached hydrogen (secondary N) is 2. The number of carbonyl (C=O) groups excluding carboxylic acids is 2. The van der Waals surface area contributed by atoms with Gasteiger partial charge in [-0.1, -0.05) is 36.4 Å². The molecule has 1 unspecified atom stereocenters. The summed E-state index contributed by atoms with van der Waals surface area (Å²) in [5, 5.41) is 6.00. The van der Waals surface area contributed by atoms with Crippen LogP contribution < -0.4 is 10.6 Å². The highest BCUT2D eigenvalue weighted by atomic mass is 19.1. The number of carbonyl (C=O) groups is 2. The fourth-order valence-electron chi connectivity index (χ4n) is 3.90. The van der Waals surface area contributed by atoms with Gasteiger partial charge in [0.15, 0.2) is 0 Å². The molecule has 1 aliphatic heterocycles. The van der Waals surface area contributed by atoms with Crippen LogP contribution in [0.1, 0.15) is 45.8 Å². The van der Waals surface area contributed by atoms with Gasteiger partial charge in [0.1, 0.15) is 12.0 Å². The molecule has 1 heterocycles. The van der Waals surface area contributed by atoms with Gasteiger partial charge in [0.2, 0.25) is 0 Å². The lowest BCUT2D eigenvalue weighted by Crippen LogP contribution is -2.33. The van der Waals surface area contributed by atoms with E-state index in [1.165, 1.54) is 12.1 Å². The van der Waals surface area contributed by atoms with Crippen molar-refractivity contribution in [1.29, 1.82) is 0 Å². The summed E-state index contributed by atoms with van der Waals surface area (Å²) in [6.45, 7) is 3.70. The lowest BCUT2D eigenvalue weighted by Gasteiger charge is -2.27.